The minimum absolute atomic E-state index is 0.0424. The molecule has 0 saturated carbocycles. The maximum atomic E-state index is 12.1. The van der Waals surface area contributed by atoms with Crippen molar-refractivity contribution in [1.82, 2.24) is 4.98 Å². The summed E-state index contributed by atoms with van der Waals surface area (Å²) >= 11 is 5.88. The van der Waals surface area contributed by atoms with Crippen LogP contribution >= 0.6 is 11.6 Å². The standard InChI is InChI=1S/C18H19ClN2O4/c1-11(2)24-14-8-6-13(7-9-14)18(23)25-12(3)17(22)21-15-5-4-10-20-16(15)19/h4-12H,1-3H3,(H,21,22)/t12-/m0/s1. The third kappa shape index (κ3) is 5.46. The van der Waals surface area contributed by atoms with Crippen molar-refractivity contribution >= 4 is 29.2 Å². The van der Waals surface area contributed by atoms with Crippen molar-refractivity contribution in [3.05, 3.63) is 53.3 Å². The van der Waals surface area contributed by atoms with Crippen LogP contribution in [0.5, 0.6) is 5.75 Å². The van der Waals surface area contributed by atoms with E-state index in [1.54, 1.807) is 36.4 Å². The van der Waals surface area contributed by atoms with E-state index in [-0.39, 0.29) is 11.3 Å². The van der Waals surface area contributed by atoms with E-state index in [2.05, 4.69) is 10.3 Å². The highest BCUT2D eigenvalue weighted by atomic mass is 35.5. The molecule has 0 fully saturated rings. The predicted octanol–water partition coefficient (Wildman–Crippen LogP) is 3.71. The van der Waals surface area contributed by atoms with Gasteiger partial charge in [-0.1, -0.05) is 11.6 Å². The van der Waals surface area contributed by atoms with Crippen molar-refractivity contribution in [1.29, 1.82) is 0 Å². The van der Waals surface area contributed by atoms with E-state index in [1.165, 1.54) is 13.1 Å². The van der Waals surface area contributed by atoms with Gasteiger partial charge in [-0.25, -0.2) is 9.78 Å². The average Bonchev–Trinajstić information content (AvgIpc) is 2.56. The van der Waals surface area contributed by atoms with Gasteiger partial charge < -0.3 is 14.8 Å². The number of anilines is 1. The third-order valence-corrected chi connectivity index (χ3v) is 3.43. The molecular formula is C18H19ClN2O4. The van der Waals surface area contributed by atoms with Crippen molar-refractivity contribution in [3.63, 3.8) is 0 Å². The van der Waals surface area contributed by atoms with E-state index in [4.69, 9.17) is 21.1 Å². The lowest BCUT2D eigenvalue weighted by molar-refractivity contribution is -0.123. The Bertz CT molecular complexity index is 747. The van der Waals surface area contributed by atoms with Gasteiger partial charge >= 0.3 is 5.97 Å². The van der Waals surface area contributed by atoms with Crippen molar-refractivity contribution in [2.24, 2.45) is 0 Å². The average molecular weight is 363 g/mol. The second kappa shape index (κ2) is 8.48. The molecule has 6 nitrogen and oxygen atoms in total. The lowest BCUT2D eigenvalue weighted by Gasteiger charge is -2.14. The molecule has 1 N–H and O–H groups in total. The van der Waals surface area contributed by atoms with Gasteiger partial charge in [-0.2, -0.15) is 0 Å². The van der Waals surface area contributed by atoms with Gasteiger partial charge in [0.25, 0.3) is 5.91 Å². The molecule has 25 heavy (non-hydrogen) atoms. The molecule has 0 aliphatic heterocycles. The summed E-state index contributed by atoms with van der Waals surface area (Å²) in [5, 5.41) is 2.73. The predicted molar refractivity (Wildman–Crippen MR) is 95.0 cm³/mol. The molecule has 0 bridgehead atoms. The molecule has 1 amide bonds. The molecule has 0 spiro atoms. The number of carbonyl (C=O) groups is 2. The van der Waals surface area contributed by atoms with Gasteiger partial charge in [0, 0.05) is 6.20 Å². The fourth-order valence-electron chi connectivity index (χ4n) is 1.94. The molecule has 0 unspecified atom stereocenters. The number of hydrogen-bond acceptors (Lipinski definition) is 5. The molecule has 0 aliphatic rings. The number of carbonyl (C=O) groups excluding carboxylic acids is 2. The molecule has 1 atom stereocenters. The zero-order chi connectivity index (χ0) is 18.4. The Morgan fingerprint density at radius 1 is 1.12 bits per heavy atom. The van der Waals surface area contributed by atoms with Crippen molar-refractivity contribution < 1.29 is 19.1 Å². The molecule has 2 aromatic rings. The number of pyridine rings is 1. The smallest absolute Gasteiger partial charge is 0.338 e. The van der Waals surface area contributed by atoms with Gasteiger partial charge in [0.05, 0.1) is 17.4 Å². The Labute approximate surface area is 151 Å². The van der Waals surface area contributed by atoms with E-state index in [9.17, 15) is 9.59 Å². The number of benzene rings is 1. The van der Waals surface area contributed by atoms with Gasteiger partial charge in [0.2, 0.25) is 0 Å². The van der Waals surface area contributed by atoms with Gasteiger partial charge in [-0.15, -0.1) is 0 Å². The number of aromatic nitrogens is 1. The van der Waals surface area contributed by atoms with Crippen molar-refractivity contribution in [2.45, 2.75) is 33.0 Å². The van der Waals surface area contributed by atoms with Crippen LogP contribution in [-0.4, -0.2) is 29.1 Å². The summed E-state index contributed by atoms with van der Waals surface area (Å²) in [6, 6.07) is 9.77. The molecule has 132 valence electrons. The highest BCUT2D eigenvalue weighted by molar-refractivity contribution is 6.32. The quantitative estimate of drug-likeness (QED) is 0.626. The molecule has 2 rings (SSSR count). The van der Waals surface area contributed by atoms with E-state index in [1.807, 2.05) is 13.8 Å². The van der Waals surface area contributed by atoms with Crippen LogP contribution in [0.15, 0.2) is 42.6 Å². The minimum Gasteiger partial charge on any atom is -0.491 e. The number of nitrogens with one attached hydrogen (secondary N) is 1. The number of hydrogen-bond donors (Lipinski definition) is 1. The Kier molecular flexibility index (Phi) is 6.36. The Balaban J connectivity index is 1.95. The summed E-state index contributed by atoms with van der Waals surface area (Å²) in [7, 11) is 0. The normalized spacial score (nSPS) is 11.7. The summed E-state index contributed by atoms with van der Waals surface area (Å²) in [5.41, 5.74) is 0.683. The number of nitrogens with zero attached hydrogens (tertiary/aromatic N) is 1. The molecule has 1 aromatic carbocycles. The van der Waals surface area contributed by atoms with Crippen LogP contribution in [0.3, 0.4) is 0 Å². The number of esters is 1. The first-order valence-corrected chi connectivity index (χ1v) is 8.13. The van der Waals surface area contributed by atoms with Gasteiger partial charge in [0.15, 0.2) is 11.3 Å². The van der Waals surface area contributed by atoms with Crippen LogP contribution in [0.2, 0.25) is 5.15 Å². The van der Waals surface area contributed by atoms with E-state index in [0.717, 1.165) is 0 Å². The van der Waals surface area contributed by atoms with Crippen LogP contribution in [0, 0.1) is 0 Å². The first-order valence-electron chi connectivity index (χ1n) is 7.76. The highest BCUT2D eigenvalue weighted by Crippen LogP contribution is 2.18. The number of ether oxygens (including phenoxy) is 2. The fourth-order valence-corrected chi connectivity index (χ4v) is 2.10. The molecular weight excluding hydrogens is 344 g/mol. The first-order chi connectivity index (χ1) is 11.9. The molecule has 0 aliphatic carbocycles. The highest BCUT2D eigenvalue weighted by Gasteiger charge is 2.20. The summed E-state index contributed by atoms with van der Waals surface area (Å²) in [6.45, 7) is 5.31. The second-order valence-corrected chi connectivity index (χ2v) is 5.93. The number of amides is 1. The topological polar surface area (TPSA) is 77.5 Å². The maximum Gasteiger partial charge on any atom is 0.338 e. The fraction of sp³-hybridized carbons (Fsp3) is 0.278. The summed E-state index contributed by atoms with van der Waals surface area (Å²) < 4.78 is 10.7. The SMILES string of the molecule is CC(C)Oc1ccc(C(=O)O[C@@H](C)C(=O)Nc2cccnc2Cl)cc1. The zero-order valence-electron chi connectivity index (χ0n) is 14.2. The van der Waals surface area contributed by atoms with E-state index >= 15 is 0 Å². The van der Waals surface area contributed by atoms with Gasteiger partial charge in [-0.05, 0) is 57.2 Å². The Morgan fingerprint density at radius 3 is 2.40 bits per heavy atom. The van der Waals surface area contributed by atoms with Crippen LogP contribution in [0.4, 0.5) is 5.69 Å². The minimum atomic E-state index is -0.990. The van der Waals surface area contributed by atoms with Gasteiger partial charge in [-0.3, -0.25) is 4.79 Å². The van der Waals surface area contributed by atoms with Gasteiger partial charge in [0.1, 0.15) is 5.75 Å². The largest absolute Gasteiger partial charge is 0.491 e. The first kappa shape index (κ1) is 18.7. The van der Waals surface area contributed by atoms with Crippen LogP contribution < -0.4 is 10.1 Å². The van der Waals surface area contributed by atoms with Crippen molar-refractivity contribution in [3.8, 4) is 5.75 Å². The van der Waals surface area contributed by atoms with E-state index < -0.39 is 18.0 Å². The molecule has 1 aromatic heterocycles. The Morgan fingerprint density at radius 2 is 1.80 bits per heavy atom. The summed E-state index contributed by atoms with van der Waals surface area (Å²) in [4.78, 5) is 28.1. The molecule has 0 saturated heterocycles. The second-order valence-electron chi connectivity index (χ2n) is 5.57. The number of halogens is 1. The molecule has 1 heterocycles. The zero-order valence-corrected chi connectivity index (χ0v) is 14.9. The monoisotopic (exact) mass is 362 g/mol. The maximum absolute atomic E-state index is 12.1. The number of rotatable bonds is 6. The van der Waals surface area contributed by atoms with Crippen LogP contribution in [0.1, 0.15) is 31.1 Å². The van der Waals surface area contributed by atoms with Crippen molar-refractivity contribution in [2.75, 3.05) is 5.32 Å². The third-order valence-electron chi connectivity index (χ3n) is 3.13. The van der Waals surface area contributed by atoms with Crippen LogP contribution in [-0.2, 0) is 9.53 Å². The summed E-state index contributed by atoms with van der Waals surface area (Å²) in [6.07, 6.45) is 0.560. The lowest BCUT2D eigenvalue weighted by atomic mass is 10.2. The summed E-state index contributed by atoms with van der Waals surface area (Å²) in [5.74, 6) is -0.442. The van der Waals surface area contributed by atoms with E-state index in [0.29, 0.717) is 17.0 Å². The molecule has 7 heteroatoms. The Hall–Kier alpha value is -2.60. The lowest BCUT2D eigenvalue weighted by Crippen LogP contribution is -2.30. The molecule has 0 radical (unpaired) electrons. The van der Waals surface area contributed by atoms with Crippen LogP contribution in [0.25, 0.3) is 0 Å².